The molecule has 3 nitrogen and oxygen atoms in total. The summed E-state index contributed by atoms with van der Waals surface area (Å²) >= 11 is 0. The molecule has 0 radical (unpaired) electrons. The first kappa shape index (κ1) is 11.2. The lowest BCUT2D eigenvalue weighted by atomic mass is 9.98. The second-order valence-corrected chi connectivity index (χ2v) is 3.40. The van der Waals surface area contributed by atoms with Crippen LogP contribution in [0.3, 0.4) is 0 Å². The molecule has 0 unspecified atom stereocenters. The Hall–Kier alpha value is -1.90. The maximum atomic E-state index is 11.1. The SMILES string of the molecule is C=C(C)c1ccc(C(C)=O)cc1C(=O)O. The number of hydrogen-bond acceptors (Lipinski definition) is 2. The lowest BCUT2D eigenvalue weighted by Crippen LogP contribution is -2.04. The van der Waals surface area contributed by atoms with E-state index in [9.17, 15) is 9.59 Å². The number of benzene rings is 1. The van der Waals surface area contributed by atoms with Gasteiger partial charge in [0.2, 0.25) is 0 Å². The Balaban J connectivity index is 3.40. The summed E-state index contributed by atoms with van der Waals surface area (Å²) in [6.07, 6.45) is 0. The van der Waals surface area contributed by atoms with Crippen LogP contribution >= 0.6 is 0 Å². The Labute approximate surface area is 88.0 Å². The number of carbonyl (C=O) groups excluding carboxylic acids is 1. The smallest absolute Gasteiger partial charge is 0.336 e. The van der Waals surface area contributed by atoms with Gasteiger partial charge in [-0.1, -0.05) is 24.3 Å². The molecule has 1 rings (SSSR count). The van der Waals surface area contributed by atoms with Crippen molar-refractivity contribution in [2.45, 2.75) is 13.8 Å². The largest absolute Gasteiger partial charge is 0.478 e. The number of carboxylic acid groups (broad SMARTS) is 1. The van der Waals surface area contributed by atoms with Crippen LogP contribution in [0.1, 0.15) is 40.1 Å². The van der Waals surface area contributed by atoms with Crippen LogP contribution in [0.4, 0.5) is 0 Å². The minimum atomic E-state index is -1.05. The Kier molecular flexibility index (Phi) is 3.04. The van der Waals surface area contributed by atoms with Gasteiger partial charge in [-0.05, 0) is 25.5 Å². The fraction of sp³-hybridized carbons (Fsp3) is 0.167. The van der Waals surface area contributed by atoms with Gasteiger partial charge in [0.1, 0.15) is 0 Å². The third-order valence-corrected chi connectivity index (χ3v) is 2.12. The summed E-state index contributed by atoms with van der Waals surface area (Å²) in [5, 5.41) is 8.97. The maximum Gasteiger partial charge on any atom is 0.336 e. The Morgan fingerprint density at radius 2 is 1.80 bits per heavy atom. The number of Topliss-reactive ketones (excluding diaryl/α,β-unsaturated/α-hetero) is 1. The van der Waals surface area contributed by atoms with Crippen molar-refractivity contribution in [3.63, 3.8) is 0 Å². The van der Waals surface area contributed by atoms with Gasteiger partial charge in [0, 0.05) is 5.56 Å². The zero-order valence-electron chi connectivity index (χ0n) is 8.70. The van der Waals surface area contributed by atoms with Crippen molar-refractivity contribution in [1.82, 2.24) is 0 Å². The number of carbonyl (C=O) groups is 2. The van der Waals surface area contributed by atoms with Crippen LogP contribution in [-0.2, 0) is 0 Å². The van der Waals surface area contributed by atoms with E-state index in [1.54, 1.807) is 19.1 Å². The number of aromatic carboxylic acids is 1. The molecule has 0 atom stereocenters. The zero-order valence-corrected chi connectivity index (χ0v) is 8.70. The molecule has 0 saturated heterocycles. The third-order valence-electron chi connectivity index (χ3n) is 2.12. The van der Waals surface area contributed by atoms with Crippen LogP contribution in [0.2, 0.25) is 0 Å². The summed E-state index contributed by atoms with van der Waals surface area (Å²) in [6.45, 7) is 6.83. The van der Waals surface area contributed by atoms with Crippen molar-refractivity contribution in [3.05, 3.63) is 41.5 Å². The van der Waals surface area contributed by atoms with E-state index in [1.165, 1.54) is 13.0 Å². The van der Waals surface area contributed by atoms with Crippen LogP contribution in [-0.4, -0.2) is 16.9 Å². The Morgan fingerprint density at radius 3 is 2.20 bits per heavy atom. The number of allylic oxidation sites excluding steroid dienone is 1. The molecule has 0 spiro atoms. The monoisotopic (exact) mass is 204 g/mol. The van der Waals surface area contributed by atoms with E-state index in [0.29, 0.717) is 16.7 Å². The standard InChI is InChI=1S/C12H12O3/c1-7(2)10-5-4-9(8(3)13)6-11(10)12(14)15/h4-6H,1H2,2-3H3,(H,14,15). The Morgan fingerprint density at radius 1 is 1.20 bits per heavy atom. The lowest BCUT2D eigenvalue weighted by Gasteiger charge is -2.06. The van der Waals surface area contributed by atoms with Crippen molar-refractivity contribution in [2.24, 2.45) is 0 Å². The summed E-state index contributed by atoms with van der Waals surface area (Å²) in [7, 11) is 0. The fourth-order valence-corrected chi connectivity index (χ4v) is 1.31. The number of ketones is 1. The highest BCUT2D eigenvalue weighted by molar-refractivity contribution is 6.00. The first-order chi connectivity index (χ1) is 6.93. The fourth-order valence-electron chi connectivity index (χ4n) is 1.31. The quantitative estimate of drug-likeness (QED) is 0.770. The molecule has 0 aliphatic heterocycles. The molecule has 0 saturated carbocycles. The minimum Gasteiger partial charge on any atom is -0.478 e. The van der Waals surface area contributed by atoms with Gasteiger partial charge in [0.25, 0.3) is 0 Å². The molecule has 0 fully saturated rings. The van der Waals surface area contributed by atoms with Gasteiger partial charge in [0.15, 0.2) is 5.78 Å². The number of hydrogen-bond donors (Lipinski definition) is 1. The maximum absolute atomic E-state index is 11.1. The average molecular weight is 204 g/mol. The van der Waals surface area contributed by atoms with Crippen LogP contribution in [0.15, 0.2) is 24.8 Å². The van der Waals surface area contributed by atoms with Crippen LogP contribution < -0.4 is 0 Å². The van der Waals surface area contributed by atoms with E-state index in [2.05, 4.69) is 6.58 Å². The summed E-state index contributed by atoms with van der Waals surface area (Å²) < 4.78 is 0. The number of carboxylic acids is 1. The van der Waals surface area contributed by atoms with Gasteiger partial charge in [-0.3, -0.25) is 4.79 Å². The molecule has 1 aromatic rings. The predicted octanol–water partition coefficient (Wildman–Crippen LogP) is 2.62. The van der Waals surface area contributed by atoms with Crippen LogP contribution in [0, 0.1) is 0 Å². The first-order valence-electron chi connectivity index (χ1n) is 4.47. The topological polar surface area (TPSA) is 54.4 Å². The molecule has 0 aliphatic rings. The minimum absolute atomic E-state index is 0.121. The average Bonchev–Trinajstić information content (AvgIpc) is 2.16. The van der Waals surface area contributed by atoms with Crippen molar-refractivity contribution in [3.8, 4) is 0 Å². The molecule has 78 valence electrons. The normalized spacial score (nSPS) is 9.73. The molecule has 1 aromatic carbocycles. The zero-order chi connectivity index (χ0) is 11.6. The molecule has 0 aliphatic carbocycles. The van der Waals surface area contributed by atoms with Crippen molar-refractivity contribution < 1.29 is 14.7 Å². The molecule has 0 amide bonds. The lowest BCUT2D eigenvalue weighted by molar-refractivity contribution is 0.0696. The van der Waals surface area contributed by atoms with Gasteiger partial charge in [-0.2, -0.15) is 0 Å². The van der Waals surface area contributed by atoms with Gasteiger partial charge in [0.05, 0.1) is 5.56 Å². The second-order valence-electron chi connectivity index (χ2n) is 3.40. The van der Waals surface area contributed by atoms with E-state index in [0.717, 1.165) is 0 Å². The molecule has 0 bridgehead atoms. The molecule has 15 heavy (non-hydrogen) atoms. The van der Waals surface area contributed by atoms with Crippen molar-refractivity contribution >= 4 is 17.3 Å². The third kappa shape index (κ3) is 2.31. The van der Waals surface area contributed by atoms with Gasteiger partial charge >= 0.3 is 5.97 Å². The van der Waals surface area contributed by atoms with E-state index >= 15 is 0 Å². The molecular weight excluding hydrogens is 192 g/mol. The highest BCUT2D eigenvalue weighted by Crippen LogP contribution is 2.19. The van der Waals surface area contributed by atoms with E-state index in [-0.39, 0.29) is 11.3 Å². The predicted molar refractivity (Wildman–Crippen MR) is 58.1 cm³/mol. The summed E-state index contributed by atoms with van der Waals surface area (Å²) in [4.78, 5) is 22.0. The van der Waals surface area contributed by atoms with Crippen LogP contribution in [0.5, 0.6) is 0 Å². The summed E-state index contributed by atoms with van der Waals surface area (Å²) in [5.74, 6) is -1.19. The van der Waals surface area contributed by atoms with E-state index < -0.39 is 5.97 Å². The molecule has 0 aromatic heterocycles. The molecule has 1 N–H and O–H groups in total. The van der Waals surface area contributed by atoms with Gasteiger partial charge in [-0.25, -0.2) is 4.79 Å². The highest BCUT2D eigenvalue weighted by Gasteiger charge is 2.12. The van der Waals surface area contributed by atoms with Crippen molar-refractivity contribution in [2.75, 3.05) is 0 Å². The van der Waals surface area contributed by atoms with Crippen LogP contribution in [0.25, 0.3) is 5.57 Å². The van der Waals surface area contributed by atoms with Gasteiger partial charge in [-0.15, -0.1) is 0 Å². The number of rotatable bonds is 3. The highest BCUT2D eigenvalue weighted by atomic mass is 16.4. The van der Waals surface area contributed by atoms with E-state index in [4.69, 9.17) is 5.11 Å². The summed E-state index contributed by atoms with van der Waals surface area (Å²) in [5.41, 5.74) is 1.75. The molecule has 3 heteroatoms. The summed E-state index contributed by atoms with van der Waals surface area (Å²) in [6, 6.07) is 4.61. The van der Waals surface area contributed by atoms with Gasteiger partial charge < -0.3 is 5.11 Å². The molecular formula is C12H12O3. The van der Waals surface area contributed by atoms with Crippen molar-refractivity contribution in [1.29, 1.82) is 0 Å². The Bertz CT molecular complexity index is 444. The molecule has 0 heterocycles. The second kappa shape index (κ2) is 4.09. The van der Waals surface area contributed by atoms with E-state index in [1.807, 2.05) is 0 Å². The first-order valence-corrected chi connectivity index (χ1v) is 4.47.